The van der Waals surface area contributed by atoms with Crippen LogP contribution in [0.1, 0.15) is 73.8 Å². The number of hydrogen-bond acceptors (Lipinski definition) is 8. The number of carboxylic acid groups (broad SMARTS) is 1. The van der Waals surface area contributed by atoms with E-state index in [1.54, 1.807) is 19.9 Å². The molecule has 67 heavy (non-hydrogen) atoms. The number of carbonyl (C=O) groups is 3. The fourth-order valence-electron chi connectivity index (χ4n) is 9.35. The molecule has 348 valence electrons. The van der Waals surface area contributed by atoms with Gasteiger partial charge in [0.25, 0.3) is 0 Å². The molecule has 11 nitrogen and oxygen atoms in total. The van der Waals surface area contributed by atoms with Gasteiger partial charge >= 0.3 is 11.9 Å². The second-order valence-corrected chi connectivity index (χ2v) is 19.6. The number of hydrogen-bond donors (Lipinski definition) is 5. The molecule has 0 aliphatic heterocycles. The van der Waals surface area contributed by atoms with Crippen LogP contribution in [-0.4, -0.2) is 57.1 Å². The number of nitrogens with two attached hydrogens (primary N) is 1. The normalized spacial score (nSPS) is 12.2. The summed E-state index contributed by atoms with van der Waals surface area (Å²) < 4.78 is 34.6. The molecule has 12 heteroatoms. The first-order chi connectivity index (χ1) is 31.8. The van der Waals surface area contributed by atoms with Crippen molar-refractivity contribution < 1.29 is 32.6 Å². The van der Waals surface area contributed by atoms with Gasteiger partial charge in [0.2, 0.25) is 15.9 Å². The molecule has 0 aliphatic rings. The molecule has 0 saturated carbocycles. The summed E-state index contributed by atoms with van der Waals surface area (Å²) in [4.78, 5) is 34.9. The number of nitrogens with one attached hydrogen (secondary N) is 3. The molecular formula is C55H60N4O7S. The summed E-state index contributed by atoms with van der Waals surface area (Å²) in [5, 5.41) is 29.0. The van der Waals surface area contributed by atoms with Crippen LogP contribution >= 0.6 is 0 Å². The third-order valence-electron chi connectivity index (χ3n) is 12.8. The number of sulfonamides is 1. The van der Waals surface area contributed by atoms with Crippen LogP contribution in [0.4, 0.5) is 11.4 Å². The fraction of sp³-hybridized carbons (Fsp3) is 0.291. The summed E-state index contributed by atoms with van der Waals surface area (Å²) in [5.41, 5.74) is 14.8. The fourth-order valence-corrected chi connectivity index (χ4v) is 10.8. The highest BCUT2D eigenvalue weighted by Crippen LogP contribution is 2.43. The summed E-state index contributed by atoms with van der Waals surface area (Å²) in [6.07, 6.45) is 2.72. The monoisotopic (exact) mass is 920 g/mol. The van der Waals surface area contributed by atoms with Crippen molar-refractivity contribution in [1.82, 2.24) is 10.0 Å². The molecule has 0 aromatic heterocycles. The van der Waals surface area contributed by atoms with Gasteiger partial charge in [-0.3, -0.25) is 9.59 Å². The molecule has 0 bridgehead atoms. The van der Waals surface area contributed by atoms with Gasteiger partial charge in [-0.1, -0.05) is 73.8 Å². The lowest BCUT2D eigenvalue weighted by molar-refractivity contribution is -0.140. The van der Waals surface area contributed by atoms with Gasteiger partial charge in [0.1, 0.15) is 6.04 Å². The Labute approximate surface area is 392 Å². The Balaban J connectivity index is 0.000000203. The minimum absolute atomic E-state index is 0.0500. The number of carbonyl (C=O) groups excluding carboxylic acids is 2. The van der Waals surface area contributed by atoms with Crippen molar-refractivity contribution in [2.45, 2.75) is 91.5 Å². The van der Waals surface area contributed by atoms with E-state index in [0.717, 1.165) is 57.4 Å². The predicted molar refractivity (Wildman–Crippen MR) is 275 cm³/mol. The lowest BCUT2D eigenvalue weighted by Gasteiger charge is -2.20. The highest BCUT2D eigenvalue weighted by atomic mass is 32.2. The first kappa shape index (κ1) is 48.2. The number of unbranched alkanes of at least 4 members (excludes halogenated alkanes) is 2. The highest BCUT2D eigenvalue weighted by Gasteiger charge is 2.28. The minimum Gasteiger partial charge on any atom is -0.480 e. The lowest BCUT2D eigenvalue weighted by Crippen LogP contribution is -2.40. The van der Waals surface area contributed by atoms with E-state index in [2.05, 4.69) is 91.7 Å². The molecule has 0 saturated heterocycles. The Morgan fingerprint density at radius 2 is 1.09 bits per heavy atom. The van der Waals surface area contributed by atoms with E-state index >= 15 is 0 Å². The third kappa shape index (κ3) is 9.73. The van der Waals surface area contributed by atoms with E-state index in [4.69, 9.17) is 10.5 Å². The molecular weight excluding hydrogens is 861 g/mol. The van der Waals surface area contributed by atoms with Crippen LogP contribution in [0.3, 0.4) is 0 Å². The molecule has 1 atom stereocenters. The van der Waals surface area contributed by atoms with E-state index in [9.17, 15) is 27.9 Å². The lowest BCUT2D eigenvalue weighted by atomic mass is 9.88. The molecule has 0 spiro atoms. The average Bonchev–Trinajstić information content (AvgIpc) is 3.28. The van der Waals surface area contributed by atoms with Crippen LogP contribution in [0.15, 0.2) is 102 Å². The number of nitrogen functional groups attached to an aromatic ring is 1. The summed E-state index contributed by atoms with van der Waals surface area (Å²) in [6.45, 7) is 22.7. The second kappa shape index (κ2) is 19.6. The quantitative estimate of drug-likeness (QED) is 0.0196. The Kier molecular flexibility index (Phi) is 14.1. The zero-order chi connectivity index (χ0) is 48.5. The Hall–Kier alpha value is -6.76. The standard InChI is InChI=1S/C28H31N3O5S.C27H29NO2/c1-15(2)27(32)30-12-6-5-7-23(28(33)34)31-37(35,36)24-14-22(29)20-10-8-18-16(3)13-17(4)19-9-11-21(24)26(20)25(18)19;1-16(2)27(29)30-13-7-6-12-28-24-15-19(5)22-9-8-20-17(3)14-18(4)21-10-11-23(24)26(22)25(20)21/h8-11,13-14,23,31H,1,5-7,12,29H2,2-4H3,(H,30,32)(H,33,34);8-11,14-15,28H,1,6-7,12-13H2,2-5H3. The number of anilines is 2. The van der Waals surface area contributed by atoms with E-state index in [-0.39, 0.29) is 23.2 Å². The summed E-state index contributed by atoms with van der Waals surface area (Å²) in [5.74, 6) is -1.85. The topological polar surface area (TPSA) is 177 Å². The van der Waals surface area contributed by atoms with E-state index in [1.807, 2.05) is 32.0 Å². The first-order valence-corrected chi connectivity index (χ1v) is 24.2. The number of aliphatic carboxylic acids is 1. The number of benzene rings is 8. The number of aryl methyl sites for hydroxylation is 5. The van der Waals surface area contributed by atoms with Gasteiger partial charge in [-0.2, -0.15) is 4.72 Å². The second-order valence-electron chi connectivity index (χ2n) is 18.0. The summed E-state index contributed by atoms with van der Waals surface area (Å²) in [6, 6.07) is 23.3. The Morgan fingerprint density at radius 1 is 0.627 bits per heavy atom. The van der Waals surface area contributed by atoms with Crippen molar-refractivity contribution in [2.24, 2.45) is 0 Å². The average molecular weight is 921 g/mol. The van der Waals surface area contributed by atoms with Crippen LogP contribution in [0, 0.1) is 34.6 Å². The maximum Gasteiger partial charge on any atom is 0.333 e. The largest absolute Gasteiger partial charge is 0.480 e. The van der Waals surface area contributed by atoms with Crippen molar-refractivity contribution in [3.05, 3.63) is 125 Å². The number of esters is 1. The molecule has 8 rings (SSSR count). The zero-order valence-electron chi connectivity index (χ0n) is 39.5. The number of carboxylic acids is 1. The zero-order valence-corrected chi connectivity index (χ0v) is 40.3. The van der Waals surface area contributed by atoms with Gasteiger partial charge < -0.3 is 26.2 Å². The molecule has 1 unspecified atom stereocenters. The van der Waals surface area contributed by atoms with Gasteiger partial charge in [0.05, 0.1) is 11.5 Å². The third-order valence-corrected chi connectivity index (χ3v) is 14.3. The minimum atomic E-state index is -4.23. The maximum absolute atomic E-state index is 13.5. The highest BCUT2D eigenvalue weighted by molar-refractivity contribution is 7.89. The van der Waals surface area contributed by atoms with Crippen molar-refractivity contribution in [3.8, 4) is 0 Å². The SMILES string of the molecule is C=C(C)C(=O)NCCCCC(NS(=O)(=O)c1cc(N)c2ccc3c(C)cc(C)c4ccc1c2c34)C(=O)O.C=C(C)C(=O)OCCCCNc1cc(C)c2ccc3c(C)cc(C)c4ccc1c2c34. The first-order valence-electron chi connectivity index (χ1n) is 22.7. The van der Waals surface area contributed by atoms with Gasteiger partial charge in [-0.25, -0.2) is 13.2 Å². The number of rotatable bonds is 17. The number of amides is 1. The molecule has 0 fully saturated rings. The maximum atomic E-state index is 13.5. The summed E-state index contributed by atoms with van der Waals surface area (Å²) in [7, 11) is -4.23. The summed E-state index contributed by atoms with van der Waals surface area (Å²) >= 11 is 0. The Bertz CT molecular complexity index is 3330. The van der Waals surface area contributed by atoms with Gasteiger partial charge in [0, 0.05) is 57.2 Å². The van der Waals surface area contributed by atoms with E-state index in [0.29, 0.717) is 48.2 Å². The van der Waals surface area contributed by atoms with Crippen LogP contribution in [0.2, 0.25) is 0 Å². The van der Waals surface area contributed by atoms with Gasteiger partial charge in [-0.15, -0.1) is 0 Å². The van der Waals surface area contributed by atoms with Crippen molar-refractivity contribution in [2.75, 3.05) is 30.7 Å². The van der Waals surface area contributed by atoms with E-state index < -0.39 is 22.0 Å². The smallest absolute Gasteiger partial charge is 0.333 e. The molecule has 8 aromatic rings. The van der Waals surface area contributed by atoms with Crippen LogP contribution in [-0.2, 0) is 29.1 Å². The number of ether oxygens (including phenoxy) is 1. The van der Waals surface area contributed by atoms with E-state index in [1.165, 1.54) is 60.8 Å². The molecule has 0 heterocycles. The van der Waals surface area contributed by atoms with Crippen LogP contribution < -0.4 is 21.1 Å². The van der Waals surface area contributed by atoms with Crippen molar-refractivity contribution in [3.63, 3.8) is 0 Å². The van der Waals surface area contributed by atoms with Gasteiger partial charge in [-0.05, 0) is 164 Å². The molecule has 6 N–H and O–H groups in total. The van der Waals surface area contributed by atoms with Crippen molar-refractivity contribution in [1.29, 1.82) is 0 Å². The molecule has 0 radical (unpaired) electrons. The van der Waals surface area contributed by atoms with Gasteiger partial charge in [0.15, 0.2) is 0 Å². The molecule has 0 aliphatic carbocycles. The Morgan fingerprint density at radius 3 is 1.61 bits per heavy atom. The van der Waals surface area contributed by atoms with Crippen LogP contribution in [0.25, 0.3) is 64.6 Å². The predicted octanol–water partition coefficient (Wildman–Crippen LogP) is 11.2. The molecule has 1 amide bonds. The van der Waals surface area contributed by atoms with Crippen molar-refractivity contribution >= 4 is 104 Å². The molecule has 8 aromatic carbocycles. The van der Waals surface area contributed by atoms with Crippen LogP contribution in [0.5, 0.6) is 0 Å².